The second-order valence-corrected chi connectivity index (χ2v) is 5.02. The first-order valence-electron chi connectivity index (χ1n) is 7.40. The molecule has 0 saturated carbocycles. The lowest BCUT2D eigenvalue weighted by Crippen LogP contribution is -2.07. The summed E-state index contributed by atoms with van der Waals surface area (Å²) in [6.45, 7) is 1.12. The Morgan fingerprint density at radius 3 is 2.17 bits per heavy atom. The molecule has 0 aliphatic carbocycles. The van der Waals surface area contributed by atoms with Crippen molar-refractivity contribution in [2.75, 3.05) is 0 Å². The third-order valence-electron chi connectivity index (χ3n) is 3.17. The van der Waals surface area contributed by atoms with Crippen molar-refractivity contribution in [2.24, 2.45) is 5.16 Å². The molecule has 0 heterocycles. The molecule has 3 nitrogen and oxygen atoms in total. The number of hydrogen-bond donors (Lipinski definition) is 1. The van der Waals surface area contributed by atoms with Gasteiger partial charge in [0.1, 0.15) is 6.61 Å². The first-order chi connectivity index (χ1) is 11.4. The molecule has 0 aromatic heterocycles. The zero-order valence-corrected chi connectivity index (χ0v) is 13.0. The van der Waals surface area contributed by atoms with Gasteiger partial charge in [0, 0.05) is 0 Å². The van der Waals surface area contributed by atoms with E-state index >= 15 is 0 Å². The molecule has 1 unspecified atom stereocenters. The SMILES string of the molecule is CCCCCC(O)/C=C/C=N/OCc1c(F)c(F)c(F)c(F)c1F. The summed E-state index contributed by atoms with van der Waals surface area (Å²) in [6.07, 6.45) is 6.73. The Morgan fingerprint density at radius 1 is 1.00 bits per heavy atom. The van der Waals surface area contributed by atoms with Gasteiger partial charge in [-0.1, -0.05) is 37.4 Å². The van der Waals surface area contributed by atoms with Crippen molar-refractivity contribution in [1.82, 2.24) is 0 Å². The predicted molar refractivity (Wildman–Crippen MR) is 78.8 cm³/mol. The second-order valence-electron chi connectivity index (χ2n) is 5.02. The number of halogens is 5. The van der Waals surface area contributed by atoms with Crippen LogP contribution in [0.3, 0.4) is 0 Å². The van der Waals surface area contributed by atoms with Crippen LogP contribution in [0.5, 0.6) is 0 Å². The number of allylic oxidation sites excluding steroid dienone is 1. The molecule has 0 amide bonds. The van der Waals surface area contributed by atoms with Crippen molar-refractivity contribution in [2.45, 2.75) is 45.3 Å². The fraction of sp³-hybridized carbons (Fsp3) is 0.438. The van der Waals surface area contributed by atoms with E-state index in [4.69, 9.17) is 0 Å². The monoisotopic (exact) mass is 351 g/mol. The molecule has 24 heavy (non-hydrogen) atoms. The van der Waals surface area contributed by atoms with Gasteiger partial charge in [-0.05, 0) is 12.5 Å². The largest absolute Gasteiger partial charge is 0.391 e. The molecule has 1 atom stereocenters. The summed E-state index contributed by atoms with van der Waals surface area (Å²) in [7, 11) is 0. The summed E-state index contributed by atoms with van der Waals surface area (Å²) in [5.41, 5.74) is -1.10. The molecule has 0 spiro atoms. The van der Waals surface area contributed by atoms with Crippen molar-refractivity contribution >= 4 is 6.21 Å². The molecule has 0 aliphatic rings. The molecule has 1 aromatic rings. The van der Waals surface area contributed by atoms with E-state index in [1.165, 1.54) is 12.2 Å². The Labute approximate surface area is 136 Å². The zero-order chi connectivity index (χ0) is 18.1. The van der Waals surface area contributed by atoms with Gasteiger partial charge in [0.2, 0.25) is 5.82 Å². The molecule has 1 rings (SSSR count). The van der Waals surface area contributed by atoms with Gasteiger partial charge < -0.3 is 9.94 Å². The standard InChI is InChI=1S/C16H18F5NO2/c1-2-3-4-6-10(23)7-5-8-22-24-9-11-12(17)14(19)16(21)15(20)13(11)18/h5,7-8,10,23H,2-4,6,9H2,1H3/b7-5+,22-8+. The Kier molecular flexibility index (Phi) is 8.39. The van der Waals surface area contributed by atoms with E-state index in [9.17, 15) is 27.1 Å². The lowest BCUT2D eigenvalue weighted by molar-refractivity contribution is 0.124. The summed E-state index contributed by atoms with van der Waals surface area (Å²) in [4.78, 5) is 4.51. The summed E-state index contributed by atoms with van der Waals surface area (Å²) in [6, 6.07) is 0. The van der Waals surface area contributed by atoms with Gasteiger partial charge in [0.15, 0.2) is 23.3 Å². The fourth-order valence-electron chi connectivity index (χ4n) is 1.83. The van der Waals surface area contributed by atoms with Gasteiger partial charge in [-0.3, -0.25) is 0 Å². The highest BCUT2D eigenvalue weighted by Crippen LogP contribution is 2.23. The van der Waals surface area contributed by atoms with Crippen LogP contribution < -0.4 is 0 Å². The van der Waals surface area contributed by atoms with Crippen LogP contribution in [0.25, 0.3) is 0 Å². The number of benzene rings is 1. The van der Waals surface area contributed by atoms with Crippen LogP contribution >= 0.6 is 0 Å². The maximum atomic E-state index is 13.3. The summed E-state index contributed by atoms with van der Waals surface area (Å²) in [5, 5.41) is 12.9. The highest BCUT2D eigenvalue weighted by Gasteiger charge is 2.25. The van der Waals surface area contributed by atoms with Gasteiger partial charge in [0.25, 0.3) is 0 Å². The minimum absolute atomic E-state index is 0.587. The van der Waals surface area contributed by atoms with E-state index < -0.39 is 47.4 Å². The van der Waals surface area contributed by atoms with Crippen LogP contribution in [0.15, 0.2) is 17.3 Å². The van der Waals surface area contributed by atoms with Crippen molar-refractivity contribution in [3.63, 3.8) is 0 Å². The molecule has 134 valence electrons. The first-order valence-corrected chi connectivity index (χ1v) is 7.40. The Bertz CT molecular complexity index is 576. The topological polar surface area (TPSA) is 41.8 Å². The van der Waals surface area contributed by atoms with Crippen molar-refractivity contribution in [3.05, 3.63) is 46.8 Å². The first kappa shape index (κ1) is 20.1. The summed E-state index contributed by atoms with van der Waals surface area (Å²) in [5.74, 6) is -10.2. The van der Waals surface area contributed by atoms with Crippen LogP contribution in [-0.2, 0) is 11.4 Å². The second kappa shape index (κ2) is 10.0. The van der Waals surface area contributed by atoms with Crippen LogP contribution in [0.4, 0.5) is 22.0 Å². The van der Waals surface area contributed by atoms with E-state index in [0.717, 1.165) is 25.5 Å². The highest BCUT2D eigenvalue weighted by molar-refractivity contribution is 5.70. The maximum absolute atomic E-state index is 13.3. The maximum Gasteiger partial charge on any atom is 0.200 e. The number of hydrogen-bond acceptors (Lipinski definition) is 3. The Hall–Kier alpha value is -1.96. The number of aliphatic hydroxyl groups is 1. The van der Waals surface area contributed by atoms with Crippen molar-refractivity contribution in [1.29, 1.82) is 0 Å². The molecule has 0 aliphatic heterocycles. The van der Waals surface area contributed by atoms with Gasteiger partial charge >= 0.3 is 0 Å². The average Bonchev–Trinajstić information content (AvgIpc) is 2.57. The van der Waals surface area contributed by atoms with Gasteiger partial charge in [-0.25, -0.2) is 22.0 Å². The highest BCUT2D eigenvalue weighted by atomic mass is 19.2. The van der Waals surface area contributed by atoms with E-state index in [1.807, 2.05) is 6.92 Å². The van der Waals surface area contributed by atoms with E-state index in [-0.39, 0.29) is 0 Å². The van der Waals surface area contributed by atoms with E-state index in [2.05, 4.69) is 9.99 Å². The zero-order valence-electron chi connectivity index (χ0n) is 13.0. The van der Waals surface area contributed by atoms with Crippen LogP contribution in [0.1, 0.15) is 38.2 Å². The van der Waals surface area contributed by atoms with Crippen LogP contribution in [0, 0.1) is 29.1 Å². The molecule has 0 fully saturated rings. The lowest BCUT2D eigenvalue weighted by Gasteiger charge is -2.06. The predicted octanol–water partition coefficient (Wildman–Crippen LogP) is 4.38. The number of rotatable bonds is 9. The minimum atomic E-state index is -2.22. The van der Waals surface area contributed by atoms with Gasteiger partial charge in [-0.15, -0.1) is 0 Å². The average molecular weight is 351 g/mol. The molecule has 1 N–H and O–H groups in total. The third kappa shape index (κ3) is 5.59. The molecule has 1 aromatic carbocycles. The summed E-state index contributed by atoms with van der Waals surface area (Å²) >= 11 is 0. The number of nitrogens with zero attached hydrogens (tertiary/aromatic N) is 1. The van der Waals surface area contributed by atoms with Crippen LogP contribution in [0.2, 0.25) is 0 Å². The number of unbranched alkanes of at least 4 members (excludes halogenated alkanes) is 2. The normalized spacial score (nSPS) is 13.1. The van der Waals surface area contributed by atoms with E-state index in [1.54, 1.807) is 0 Å². The van der Waals surface area contributed by atoms with Gasteiger partial charge in [0.05, 0.1) is 17.9 Å². The Morgan fingerprint density at radius 2 is 1.58 bits per heavy atom. The Balaban J connectivity index is 2.54. The molecule has 8 heteroatoms. The van der Waals surface area contributed by atoms with E-state index in [0.29, 0.717) is 6.42 Å². The number of aliphatic hydroxyl groups excluding tert-OH is 1. The smallest absolute Gasteiger partial charge is 0.200 e. The molecule has 0 saturated heterocycles. The summed E-state index contributed by atoms with van der Waals surface area (Å²) < 4.78 is 65.4. The quantitative estimate of drug-likeness (QED) is 0.179. The number of oxime groups is 1. The van der Waals surface area contributed by atoms with Crippen LogP contribution in [-0.4, -0.2) is 17.4 Å². The fourth-order valence-corrected chi connectivity index (χ4v) is 1.83. The minimum Gasteiger partial charge on any atom is -0.391 e. The van der Waals surface area contributed by atoms with Crippen molar-refractivity contribution in [3.8, 4) is 0 Å². The van der Waals surface area contributed by atoms with Gasteiger partial charge in [-0.2, -0.15) is 0 Å². The molecular formula is C16H18F5NO2. The van der Waals surface area contributed by atoms with Crippen molar-refractivity contribution < 1.29 is 31.9 Å². The molecular weight excluding hydrogens is 333 g/mol. The lowest BCUT2D eigenvalue weighted by atomic mass is 10.1. The third-order valence-corrected chi connectivity index (χ3v) is 3.17. The molecule has 0 bridgehead atoms. The molecule has 0 radical (unpaired) electrons.